The van der Waals surface area contributed by atoms with Crippen LogP contribution < -0.4 is 0 Å². The number of carbonyl (C=O) groups excluding carboxylic acids is 1. The summed E-state index contributed by atoms with van der Waals surface area (Å²) in [6.45, 7) is 1.86. The van der Waals surface area contributed by atoms with Crippen molar-refractivity contribution in [3.05, 3.63) is 64.6 Å². The van der Waals surface area contributed by atoms with Gasteiger partial charge in [-0.3, -0.25) is 4.79 Å². The normalized spacial score (nSPS) is 12.1. The van der Waals surface area contributed by atoms with Crippen molar-refractivity contribution < 1.29 is 4.79 Å². The first-order valence-corrected chi connectivity index (χ1v) is 8.62. The van der Waals surface area contributed by atoms with E-state index in [2.05, 4.69) is 31.5 Å². The van der Waals surface area contributed by atoms with Crippen LogP contribution >= 0.6 is 27.7 Å². The second-order valence-corrected chi connectivity index (χ2v) is 7.06. The van der Waals surface area contributed by atoms with Gasteiger partial charge in [-0.25, -0.2) is 0 Å². The van der Waals surface area contributed by atoms with Gasteiger partial charge in [-0.2, -0.15) is 4.68 Å². The van der Waals surface area contributed by atoms with E-state index in [1.165, 1.54) is 11.8 Å². The standard InChI is InChI=1S/C16H13BrN4OS/c1-11(15(22)12-7-9-13(17)10-8-12)23-16-18-19-20-21(16)14-5-3-2-4-6-14/h2-11H,1H3/t11-/m0/s1. The third-order valence-corrected chi connectivity index (χ3v) is 4.78. The predicted octanol–water partition coefficient (Wildman–Crippen LogP) is 3.79. The van der Waals surface area contributed by atoms with Gasteiger partial charge in [0.15, 0.2) is 5.78 Å². The molecule has 1 atom stereocenters. The van der Waals surface area contributed by atoms with Gasteiger partial charge < -0.3 is 0 Å². The Morgan fingerprint density at radius 1 is 1.13 bits per heavy atom. The number of thioether (sulfide) groups is 1. The number of aromatic nitrogens is 4. The van der Waals surface area contributed by atoms with Crippen LogP contribution in [0.1, 0.15) is 17.3 Å². The van der Waals surface area contributed by atoms with Crippen LogP contribution in [0, 0.1) is 0 Å². The van der Waals surface area contributed by atoms with Crippen LogP contribution in [0.4, 0.5) is 0 Å². The molecule has 0 aliphatic carbocycles. The molecule has 0 radical (unpaired) electrons. The molecule has 116 valence electrons. The topological polar surface area (TPSA) is 60.7 Å². The van der Waals surface area contributed by atoms with E-state index in [1.807, 2.05) is 61.5 Å². The van der Waals surface area contributed by atoms with Crippen molar-refractivity contribution >= 4 is 33.5 Å². The Morgan fingerprint density at radius 3 is 2.52 bits per heavy atom. The predicted molar refractivity (Wildman–Crippen MR) is 92.9 cm³/mol. The summed E-state index contributed by atoms with van der Waals surface area (Å²) in [6, 6.07) is 16.9. The Bertz CT molecular complexity index is 804. The van der Waals surface area contributed by atoms with Gasteiger partial charge in [0, 0.05) is 10.0 Å². The van der Waals surface area contributed by atoms with Crippen LogP contribution in [0.3, 0.4) is 0 Å². The molecule has 0 spiro atoms. The molecule has 23 heavy (non-hydrogen) atoms. The minimum Gasteiger partial charge on any atom is -0.293 e. The van der Waals surface area contributed by atoms with E-state index in [0.717, 1.165) is 10.2 Å². The highest BCUT2D eigenvalue weighted by molar-refractivity contribution is 9.10. The third kappa shape index (κ3) is 3.68. The lowest BCUT2D eigenvalue weighted by Gasteiger charge is -2.10. The lowest BCUT2D eigenvalue weighted by molar-refractivity contribution is 0.0994. The number of rotatable bonds is 5. The zero-order valence-corrected chi connectivity index (χ0v) is 14.7. The number of ketones is 1. The molecule has 7 heteroatoms. The molecule has 2 aromatic carbocycles. The fraction of sp³-hybridized carbons (Fsp3) is 0.125. The van der Waals surface area contributed by atoms with Crippen molar-refractivity contribution in [3.8, 4) is 5.69 Å². The summed E-state index contributed by atoms with van der Waals surface area (Å²) in [6.07, 6.45) is 0. The Morgan fingerprint density at radius 2 is 1.83 bits per heavy atom. The fourth-order valence-corrected chi connectivity index (χ4v) is 3.19. The molecule has 1 heterocycles. The Labute approximate surface area is 146 Å². The highest BCUT2D eigenvalue weighted by Gasteiger charge is 2.20. The maximum absolute atomic E-state index is 12.5. The number of tetrazole rings is 1. The van der Waals surface area contributed by atoms with Gasteiger partial charge in [-0.1, -0.05) is 58.0 Å². The Balaban J connectivity index is 1.79. The van der Waals surface area contributed by atoms with E-state index in [4.69, 9.17) is 0 Å². The third-order valence-electron chi connectivity index (χ3n) is 3.22. The second kappa shape index (κ2) is 7.06. The summed E-state index contributed by atoms with van der Waals surface area (Å²) in [4.78, 5) is 12.5. The maximum Gasteiger partial charge on any atom is 0.214 e. The molecule has 0 aliphatic rings. The van der Waals surface area contributed by atoms with Crippen molar-refractivity contribution in [3.63, 3.8) is 0 Å². The molecule has 0 N–H and O–H groups in total. The van der Waals surface area contributed by atoms with Crippen LogP contribution in [0.25, 0.3) is 5.69 Å². The van der Waals surface area contributed by atoms with Crippen molar-refractivity contribution in [2.45, 2.75) is 17.3 Å². The minimum absolute atomic E-state index is 0.0464. The summed E-state index contributed by atoms with van der Waals surface area (Å²) < 4.78 is 2.58. The summed E-state index contributed by atoms with van der Waals surface area (Å²) in [5, 5.41) is 12.1. The van der Waals surface area contributed by atoms with Crippen molar-refractivity contribution in [1.82, 2.24) is 20.2 Å². The van der Waals surface area contributed by atoms with E-state index in [9.17, 15) is 4.79 Å². The van der Waals surface area contributed by atoms with Crippen molar-refractivity contribution in [2.75, 3.05) is 0 Å². The molecule has 0 saturated heterocycles. The van der Waals surface area contributed by atoms with Gasteiger partial charge in [-0.15, -0.1) is 5.10 Å². The number of nitrogens with zero attached hydrogens (tertiary/aromatic N) is 4. The van der Waals surface area contributed by atoms with Gasteiger partial charge in [0.1, 0.15) is 0 Å². The zero-order valence-electron chi connectivity index (χ0n) is 12.3. The number of benzene rings is 2. The lowest BCUT2D eigenvalue weighted by Crippen LogP contribution is -2.14. The number of hydrogen-bond acceptors (Lipinski definition) is 5. The van der Waals surface area contributed by atoms with E-state index in [1.54, 1.807) is 4.68 Å². The lowest BCUT2D eigenvalue weighted by atomic mass is 10.1. The molecular formula is C16H13BrN4OS. The molecule has 0 fully saturated rings. The molecule has 0 aliphatic heterocycles. The summed E-state index contributed by atoms with van der Waals surface area (Å²) >= 11 is 4.71. The maximum atomic E-state index is 12.5. The van der Waals surface area contributed by atoms with E-state index >= 15 is 0 Å². The monoisotopic (exact) mass is 388 g/mol. The van der Waals surface area contributed by atoms with Crippen LogP contribution in [0.2, 0.25) is 0 Å². The van der Waals surface area contributed by atoms with Crippen molar-refractivity contribution in [1.29, 1.82) is 0 Å². The highest BCUT2D eigenvalue weighted by atomic mass is 79.9. The van der Waals surface area contributed by atoms with Gasteiger partial charge in [0.2, 0.25) is 5.16 Å². The Kier molecular flexibility index (Phi) is 4.88. The van der Waals surface area contributed by atoms with E-state index in [0.29, 0.717) is 10.7 Å². The SMILES string of the molecule is C[C@H](Sc1nnnn1-c1ccccc1)C(=O)c1ccc(Br)cc1. The van der Waals surface area contributed by atoms with Gasteiger partial charge >= 0.3 is 0 Å². The van der Waals surface area contributed by atoms with Crippen LogP contribution in [0.5, 0.6) is 0 Å². The largest absolute Gasteiger partial charge is 0.293 e. The van der Waals surface area contributed by atoms with Gasteiger partial charge in [0.25, 0.3) is 0 Å². The van der Waals surface area contributed by atoms with E-state index in [-0.39, 0.29) is 11.0 Å². The molecule has 1 aromatic heterocycles. The summed E-state index contributed by atoms with van der Waals surface area (Å²) in [5.74, 6) is 0.0464. The summed E-state index contributed by atoms with van der Waals surface area (Å²) in [7, 11) is 0. The first-order chi connectivity index (χ1) is 11.1. The molecule has 0 unspecified atom stereocenters. The number of para-hydroxylation sites is 1. The van der Waals surface area contributed by atoms with E-state index < -0.39 is 0 Å². The first-order valence-electron chi connectivity index (χ1n) is 6.95. The molecule has 5 nitrogen and oxygen atoms in total. The molecule has 0 amide bonds. The molecule has 3 aromatic rings. The molecule has 0 saturated carbocycles. The number of carbonyl (C=O) groups is 1. The fourth-order valence-electron chi connectivity index (χ4n) is 2.04. The molecular weight excluding hydrogens is 376 g/mol. The number of halogens is 1. The second-order valence-electron chi connectivity index (χ2n) is 4.84. The van der Waals surface area contributed by atoms with Crippen LogP contribution in [0.15, 0.2) is 64.2 Å². The first kappa shape index (κ1) is 15.9. The van der Waals surface area contributed by atoms with Crippen molar-refractivity contribution in [2.24, 2.45) is 0 Å². The zero-order chi connectivity index (χ0) is 16.2. The quantitative estimate of drug-likeness (QED) is 0.491. The molecule has 0 bridgehead atoms. The van der Waals surface area contributed by atoms with Crippen LogP contribution in [-0.4, -0.2) is 31.2 Å². The smallest absolute Gasteiger partial charge is 0.214 e. The summed E-state index contributed by atoms with van der Waals surface area (Å²) in [5.41, 5.74) is 1.54. The average Bonchev–Trinajstić information content (AvgIpc) is 3.04. The number of hydrogen-bond donors (Lipinski definition) is 0. The minimum atomic E-state index is -0.287. The van der Waals surface area contributed by atoms with Gasteiger partial charge in [-0.05, 0) is 41.6 Å². The van der Waals surface area contributed by atoms with Gasteiger partial charge in [0.05, 0.1) is 10.9 Å². The Hall–Kier alpha value is -1.99. The van der Waals surface area contributed by atoms with Crippen LogP contribution in [-0.2, 0) is 0 Å². The molecule has 3 rings (SSSR count). The highest BCUT2D eigenvalue weighted by Crippen LogP contribution is 2.25. The number of Topliss-reactive ketones (excluding diaryl/α,β-unsaturated/α-hetero) is 1. The average molecular weight is 389 g/mol.